The second kappa shape index (κ2) is 11.3. The molecule has 1 N–H and O–H groups in total. The maximum atomic E-state index is 13.4. The van der Waals surface area contributed by atoms with E-state index in [1.165, 1.54) is 27.3 Å². The average molecular weight is 609 g/mol. The third kappa shape index (κ3) is 5.58. The van der Waals surface area contributed by atoms with E-state index in [1.54, 1.807) is 22.4 Å². The fraction of sp³-hybridized carbons (Fsp3) is 0.360. The Morgan fingerprint density at radius 1 is 1.15 bits per heavy atom. The van der Waals surface area contributed by atoms with E-state index in [0.29, 0.717) is 24.4 Å². The fourth-order valence-corrected chi connectivity index (χ4v) is 8.36. The Labute approximate surface area is 238 Å². The number of hydrogen-bond donors (Lipinski definition) is 1. The van der Waals surface area contributed by atoms with Crippen molar-refractivity contribution in [1.29, 1.82) is 0 Å². The standard InChI is InChI=1S/C25H25ClN4O6S3/c26-16-5-1-2-7-18(16)38-15-19(31)29-9-3-6-17(29)23-27-24(33)22(32)21-25(34)28(10-11-30(21)23)12-14-39(35,36)20-8-4-13-37-20/h1-2,4-5,7-8,13,17,32H,3,6,9-12,14-15H2/t17-/m0/s1. The molecule has 1 fully saturated rings. The van der Waals surface area contributed by atoms with E-state index < -0.39 is 33.1 Å². The zero-order valence-electron chi connectivity index (χ0n) is 20.7. The van der Waals surface area contributed by atoms with Crippen molar-refractivity contribution >= 4 is 56.4 Å². The summed E-state index contributed by atoms with van der Waals surface area (Å²) < 4.78 is 26.9. The van der Waals surface area contributed by atoms with Crippen LogP contribution in [0.5, 0.6) is 5.75 Å². The lowest BCUT2D eigenvalue weighted by Crippen LogP contribution is -2.46. The van der Waals surface area contributed by atoms with Gasteiger partial charge < -0.3 is 19.5 Å². The van der Waals surface area contributed by atoms with Crippen LogP contribution in [0.4, 0.5) is 0 Å². The Morgan fingerprint density at radius 2 is 1.95 bits per heavy atom. The summed E-state index contributed by atoms with van der Waals surface area (Å²) in [6.45, 7) is 0.756. The minimum atomic E-state index is -3.57. The number of carbonyl (C=O) groups is 2. The minimum Gasteiger partial charge on any atom is -0.501 e. The predicted octanol–water partition coefficient (Wildman–Crippen LogP) is 3.05. The van der Waals surface area contributed by atoms with Crippen LogP contribution in [-0.4, -0.2) is 75.8 Å². The average Bonchev–Trinajstić information content (AvgIpc) is 3.63. The van der Waals surface area contributed by atoms with E-state index in [-0.39, 0.29) is 52.8 Å². The highest BCUT2D eigenvalue weighted by Gasteiger charge is 2.38. The Kier molecular flexibility index (Phi) is 8.04. The first-order chi connectivity index (χ1) is 18.7. The van der Waals surface area contributed by atoms with Crippen molar-refractivity contribution in [2.45, 2.75) is 34.5 Å². The lowest BCUT2D eigenvalue weighted by atomic mass is 10.1. The molecule has 14 heteroatoms. The smallest absolute Gasteiger partial charge is 0.315 e. The Hall–Kier alpha value is -2.87. The fourth-order valence-electron chi connectivity index (χ4n) is 4.83. The number of likely N-dealkylation sites (tertiary alicyclic amines) is 1. The van der Waals surface area contributed by atoms with Gasteiger partial charge in [-0.05, 0) is 36.4 Å². The molecule has 10 nitrogen and oxygen atoms in total. The molecule has 2 aliphatic heterocycles. The summed E-state index contributed by atoms with van der Waals surface area (Å²) in [5.41, 5.74) is -1.18. The highest BCUT2D eigenvalue weighted by Crippen LogP contribution is 2.35. The van der Waals surface area contributed by atoms with Crippen LogP contribution in [0.3, 0.4) is 0 Å². The molecule has 1 atom stereocenters. The summed E-state index contributed by atoms with van der Waals surface area (Å²) in [4.78, 5) is 47.0. The number of carbonyl (C=O) groups excluding carboxylic acids is 2. The third-order valence-electron chi connectivity index (χ3n) is 6.76. The Balaban J connectivity index is 1.36. The number of rotatable bonds is 8. The monoisotopic (exact) mass is 608 g/mol. The molecule has 0 spiro atoms. The summed E-state index contributed by atoms with van der Waals surface area (Å²) in [6.07, 6.45) is 1.25. The highest BCUT2D eigenvalue weighted by molar-refractivity contribution is 8.00. The largest absolute Gasteiger partial charge is 0.501 e. The maximum Gasteiger partial charge on any atom is 0.315 e. The van der Waals surface area contributed by atoms with Gasteiger partial charge in [0.2, 0.25) is 11.7 Å². The van der Waals surface area contributed by atoms with Gasteiger partial charge in [-0.25, -0.2) is 8.42 Å². The number of aromatic hydroxyl groups is 1. The molecule has 2 aliphatic rings. The quantitative estimate of drug-likeness (QED) is 0.386. The van der Waals surface area contributed by atoms with Crippen LogP contribution >= 0.6 is 34.7 Å². The number of thiophene rings is 1. The van der Waals surface area contributed by atoms with Crippen molar-refractivity contribution in [3.8, 4) is 5.75 Å². The Morgan fingerprint density at radius 3 is 2.69 bits per heavy atom. The van der Waals surface area contributed by atoms with E-state index in [1.807, 2.05) is 18.2 Å². The normalized spacial score (nSPS) is 17.5. The number of thioether (sulfide) groups is 1. The number of sulfone groups is 1. The molecule has 0 aliphatic carbocycles. The van der Waals surface area contributed by atoms with Gasteiger partial charge in [0, 0.05) is 31.1 Å². The zero-order chi connectivity index (χ0) is 27.7. The van der Waals surface area contributed by atoms with Crippen LogP contribution in [0, 0.1) is 0 Å². The van der Waals surface area contributed by atoms with Crippen LogP contribution in [0.1, 0.15) is 35.2 Å². The molecule has 1 aromatic carbocycles. The topological polar surface area (TPSA) is 130 Å². The van der Waals surface area contributed by atoms with Crippen LogP contribution in [0.15, 0.2) is 55.7 Å². The summed E-state index contributed by atoms with van der Waals surface area (Å²) in [5.74, 6) is -1.47. The number of amides is 2. The van der Waals surface area contributed by atoms with Gasteiger partial charge in [-0.15, -0.1) is 23.1 Å². The molecule has 3 aromatic rings. The second-order valence-electron chi connectivity index (χ2n) is 9.13. The molecule has 2 amide bonds. The van der Waals surface area contributed by atoms with Gasteiger partial charge in [0.15, 0.2) is 15.5 Å². The number of nitrogens with zero attached hydrogens (tertiary/aromatic N) is 4. The number of halogens is 1. The molecule has 39 heavy (non-hydrogen) atoms. The molecule has 4 heterocycles. The highest BCUT2D eigenvalue weighted by atomic mass is 35.5. The molecule has 206 valence electrons. The first-order valence-electron chi connectivity index (χ1n) is 12.2. The SMILES string of the molecule is O=C1c2c(O)c(=O)nc([C@@H]3CCCN3C(=O)CSc3ccccc3Cl)n2CCN1CCS(=O)(=O)c1cccs1. The summed E-state index contributed by atoms with van der Waals surface area (Å²) in [5, 5.41) is 12.8. The summed E-state index contributed by atoms with van der Waals surface area (Å²) >= 11 is 8.64. The summed E-state index contributed by atoms with van der Waals surface area (Å²) in [6, 6.07) is 9.87. The van der Waals surface area contributed by atoms with E-state index in [4.69, 9.17) is 11.6 Å². The van der Waals surface area contributed by atoms with Gasteiger partial charge in [-0.2, -0.15) is 4.98 Å². The first-order valence-corrected chi connectivity index (χ1v) is 16.1. The minimum absolute atomic E-state index is 0.0857. The second-order valence-corrected chi connectivity index (χ2v) is 13.8. The Bertz CT molecular complexity index is 1570. The predicted molar refractivity (Wildman–Crippen MR) is 148 cm³/mol. The van der Waals surface area contributed by atoms with Crippen molar-refractivity contribution in [3.63, 3.8) is 0 Å². The zero-order valence-corrected chi connectivity index (χ0v) is 23.9. The number of benzene rings is 1. The van der Waals surface area contributed by atoms with E-state index in [0.717, 1.165) is 16.2 Å². The van der Waals surface area contributed by atoms with Crippen LogP contribution < -0.4 is 5.56 Å². The van der Waals surface area contributed by atoms with Crippen molar-refractivity contribution in [2.75, 3.05) is 31.1 Å². The van der Waals surface area contributed by atoms with Gasteiger partial charge in [0.1, 0.15) is 10.0 Å². The van der Waals surface area contributed by atoms with Crippen LogP contribution in [0.25, 0.3) is 0 Å². The first kappa shape index (κ1) is 27.7. The number of hydrogen-bond acceptors (Lipinski definition) is 9. The molecule has 0 unspecified atom stereocenters. The van der Waals surface area contributed by atoms with Gasteiger partial charge in [-0.3, -0.25) is 14.4 Å². The third-order valence-corrected chi connectivity index (χ3v) is 11.4. The summed E-state index contributed by atoms with van der Waals surface area (Å²) in [7, 11) is -3.57. The van der Waals surface area contributed by atoms with Crippen molar-refractivity contribution in [1.82, 2.24) is 19.4 Å². The van der Waals surface area contributed by atoms with E-state index in [9.17, 15) is 27.9 Å². The molecule has 0 saturated carbocycles. The molecule has 1 saturated heterocycles. The van der Waals surface area contributed by atoms with E-state index in [2.05, 4.69) is 4.98 Å². The lowest BCUT2D eigenvalue weighted by molar-refractivity contribution is -0.129. The molecule has 0 radical (unpaired) electrons. The van der Waals surface area contributed by atoms with Gasteiger partial charge in [0.25, 0.3) is 5.91 Å². The van der Waals surface area contributed by atoms with Crippen molar-refractivity contribution in [3.05, 3.63) is 68.7 Å². The van der Waals surface area contributed by atoms with Crippen LogP contribution in [0.2, 0.25) is 5.02 Å². The molecule has 0 bridgehead atoms. The van der Waals surface area contributed by atoms with E-state index >= 15 is 0 Å². The molecular formula is C25H25ClN4O6S3. The van der Waals surface area contributed by atoms with Gasteiger partial charge in [-0.1, -0.05) is 29.8 Å². The number of fused-ring (bicyclic) bond motifs is 1. The lowest BCUT2D eigenvalue weighted by Gasteiger charge is -2.33. The van der Waals surface area contributed by atoms with Crippen molar-refractivity contribution in [2.24, 2.45) is 0 Å². The van der Waals surface area contributed by atoms with Crippen LogP contribution in [-0.2, 0) is 21.2 Å². The maximum absolute atomic E-state index is 13.4. The number of aromatic nitrogens is 2. The van der Waals surface area contributed by atoms with Crippen molar-refractivity contribution < 1.29 is 23.1 Å². The molecule has 2 aromatic heterocycles. The molecular weight excluding hydrogens is 584 g/mol. The van der Waals surface area contributed by atoms with Gasteiger partial charge >= 0.3 is 5.56 Å². The van der Waals surface area contributed by atoms with Gasteiger partial charge in [0.05, 0.1) is 22.6 Å². The molecule has 5 rings (SSSR count).